The quantitative estimate of drug-likeness (QED) is 0.454. The van der Waals surface area contributed by atoms with Crippen molar-refractivity contribution in [3.63, 3.8) is 0 Å². The highest BCUT2D eigenvalue weighted by atomic mass is 32.2. The van der Waals surface area contributed by atoms with E-state index < -0.39 is 0 Å². The van der Waals surface area contributed by atoms with E-state index in [4.69, 9.17) is 5.73 Å². The molecule has 0 aromatic carbocycles. The molecule has 1 rings (SSSR count). The maximum atomic E-state index is 5.54. The lowest BCUT2D eigenvalue weighted by Gasteiger charge is -2.07. The number of rotatable bonds is 3. The Bertz CT molecular complexity index is 323. The van der Waals surface area contributed by atoms with Crippen LogP contribution in [-0.4, -0.2) is 16.2 Å². The number of hydrogen-bond acceptors (Lipinski definition) is 4. The fraction of sp³-hybridized carbons (Fsp3) is 0.333. The third-order valence-corrected chi connectivity index (χ3v) is 2.46. The average molecular weight is 195 g/mol. The molecule has 0 unspecified atom stereocenters. The fourth-order valence-corrected chi connectivity index (χ4v) is 1.80. The minimum atomic E-state index is 0.342. The van der Waals surface area contributed by atoms with E-state index in [1.807, 2.05) is 19.3 Å². The summed E-state index contributed by atoms with van der Waals surface area (Å²) in [6.07, 6.45) is 4.62. The normalized spacial score (nSPS) is 10.0. The van der Waals surface area contributed by atoms with Crippen LogP contribution < -0.4 is 5.73 Å². The number of nitrogens with zero attached hydrogens (tertiary/aromatic N) is 2. The highest BCUT2D eigenvalue weighted by Gasteiger charge is 2.07. The lowest BCUT2D eigenvalue weighted by atomic mass is 10.2. The van der Waals surface area contributed by atoms with Gasteiger partial charge in [-0.15, -0.1) is 18.3 Å². The van der Waals surface area contributed by atoms with Crippen molar-refractivity contribution < 1.29 is 0 Å². The molecular weight excluding hydrogens is 182 g/mol. The van der Waals surface area contributed by atoms with Gasteiger partial charge in [-0.2, -0.15) is 0 Å². The van der Waals surface area contributed by atoms with Crippen LogP contribution in [0, 0.1) is 6.92 Å². The van der Waals surface area contributed by atoms with Gasteiger partial charge in [-0.25, -0.2) is 9.97 Å². The maximum absolute atomic E-state index is 5.54. The molecule has 0 atom stereocenters. The second-order valence-electron chi connectivity index (χ2n) is 2.65. The molecule has 3 nitrogen and oxygen atoms in total. The van der Waals surface area contributed by atoms with E-state index in [1.165, 1.54) is 0 Å². The lowest BCUT2D eigenvalue weighted by molar-refractivity contribution is 0.950. The summed E-state index contributed by atoms with van der Waals surface area (Å²) in [5.41, 5.74) is 7.60. The van der Waals surface area contributed by atoms with Crippen molar-refractivity contribution in [1.29, 1.82) is 0 Å². The van der Waals surface area contributed by atoms with E-state index in [1.54, 1.807) is 11.8 Å². The van der Waals surface area contributed by atoms with Crippen LogP contribution in [0.3, 0.4) is 0 Å². The van der Waals surface area contributed by atoms with E-state index in [2.05, 4.69) is 16.5 Å². The molecule has 0 fully saturated rings. The predicted octanol–water partition coefficient (Wildman–Crippen LogP) is 1.82. The summed E-state index contributed by atoms with van der Waals surface area (Å²) < 4.78 is 0. The number of anilines is 1. The van der Waals surface area contributed by atoms with Crippen LogP contribution in [0.5, 0.6) is 0 Å². The summed E-state index contributed by atoms with van der Waals surface area (Å²) >= 11 is 1.58. The molecule has 1 aromatic heterocycles. The first-order chi connectivity index (χ1) is 6.19. The summed E-state index contributed by atoms with van der Waals surface area (Å²) in [6.45, 7) is 5.64. The molecule has 1 aromatic rings. The zero-order valence-corrected chi connectivity index (χ0v) is 8.69. The highest BCUT2D eigenvalue weighted by Crippen LogP contribution is 2.21. The van der Waals surface area contributed by atoms with Gasteiger partial charge in [0.1, 0.15) is 5.03 Å². The Morgan fingerprint density at radius 1 is 1.54 bits per heavy atom. The molecular formula is C9H13N3S. The van der Waals surface area contributed by atoms with E-state index in [0.29, 0.717) is 5.95 Å². The Labute approximate surface area is 82.5 Å². The monoisotopic (exact) mass is 195 g/mol. The van der Waals surface area contributed by atoms with Crippen LogP contribution in [0.1, 0.15) is 11.3 Å². The topological polar surface area (TPSA) is 51.8 Å². The van der Waals surface area contributed by atoms with Crippen molar-refractivity contribution in [3.8, 4) is 0 Å². The van der Waals surface area contributed by atoms with Crippen LogP contribution in [0.2, 0.25) is 0 Å². The molecule has 0 amide bonds. The van der Waals surface area contributed by atoms with Gasteiger partial charge < -0.3 is 5.73 Å². The summed E-state index contributed by atoms with van der Waals surface area (Å²) in [6, 6.07) is 0. The zero-order chi connectivity index (χ0) is 9.84. The van der Waals surface area contributed by atoms with Gasteiger partial charge in [-0.3, -0.25) is 0 Å². The summed E-state index contributed by atoms with van der Waals surface area (Å²) in [5.74, 6) is 0.342. The van der Waals surface area contributed by atoms with Gasteiger partial charge in [0.25, 0.3) is 0 Å². The molecule has 13 heavy (non-hydrogen) atoms. The minimum absolute atomic E-state index is 0.342. The zero-order valence-electron chi connectivity index (χ0n) is 7.87. The lowest BCUT2D eigenvalue weighted by Crippen LogP contribution is -2.03. The van der Waals surface area contributed by atoms with Crippen molar-refractivity contribution in [2.45, 2.75) is 18.4 Å². The maximum Gasteiger partial charge on any atom is 0.221 e. The SMILES string of the molecule is C=CCc1c(C)nc(N)nc1SC. The summed E-state index contributed by atoms with van der Waals surface area (Å²) in [5, 5.41) is 0.949. The van der Waals surface area contributed by atoms with Crippen molar-refractivity contribution >= 4 is 17.7 Å². The van der Waals surface area contributed by atoms with E-state index >= 15 is 0 Å². The second-order valence-corrected chi connectivity index (χ2v) is 3.44. The van der Waals surface area contributed by atoms with Crippen molar-refractivity contribution in [3.05, 3.63) is 23.9 Å². The molecule has 2 N–H and O–H groups in total. The van der Waals surface area contributed by atoms with Crippen LogP contribution in [0.25, 0.3) is 0 Å². The Balaban J connectivity index is 3.20. The Kier molecular flexibility index (Phi) is 3.31. The molecule has 0 radical (unpaired) electrons. The third kappa shape index (κ3) is 2.21. The molecule has 1 heterocycles. The van der Waals surface area contributed by atoms with Crippen LogP contribution in [-0.2, 0) is 6.42 Å². The molecule has 0 bridgehead atoms. The number of aryl methyl sites for hydroxylation is 1. The van der Waals surface area contributed by atoms with Gasteiger partial charge >= 0.3 is 0 Å². The Morgan fingerprint density at radius 2 is 2.23 bits per heavy atom. The predicted molar refractivity (Wildman–Crippen MR) is 56.9 cm³/mol. The first-order valence-electron chi connectivity index (χ1n) is 3.97. The molecule has 0 aliphatic carbocycles. The fourth-order valence-electron chi connectivity index (χ4n) is 1.14. The molecule has 0 saturated heterocycles. The molecule has 0 spiro atoms. The van der Waals surface area contributed by atoms with E-state index in [0.717, 1.165) is 22.7 Å². The molecule has 0 aliphatic heterocycles. The largest absolute Gasteiger partial charge is 0.368 e. The summed E-state index contributed by atoms with van der Waals surface area (Å²) in [7, 11) is 0. The number of aromatic nitrogens is 2. The van der Waals surface area contributed by atoms with Crippen molar-refractivity contribution in [2.75, 3.05) is 12.0 Å². The smallest absolute Gasteiger partial charge is 0.221 e. The number of nitrogens with two attached hydrogens (primary N) is 1. The van der Waals surface area contributed by atoms with Crippen LogP contribution >= 0.6 is 11.8 Å². The van der Waals surface area contributed by atoms with Gasteiger partial charge in [0.2, 0.25) is 5.95 Å². The number of nitrogen functional groups attached to an aromatic ring is 1. The Morgan fingerprint density at radius 3 is 2.77 bits per heavy atom. The highest BCUT2D eigenvalue weighted by molar-refractivity contribution is 7.98. The van der Waals surface area contributed by atoms with Gasteiger partial charge in [0, 0.05) is 11.3 Å². The molecule has 0 saturated carbocycles. The first kappa shape index (κ1) is 10.1. The van der Waals surface area contributed by atoms with Gasteiger partial charge in [-0.1, -0.05) is 6.08 Å². The van der Waals surface area contributed by atoms with Gasteiger partial charge in [-0.05, 0) is 19.6 Å². The minimum Gasteiger partial charge on any atom is -0.368 e. The molecule has 70 valence electrons. The second kappa shape index (κ2) is 4.28. The number of allylic oxidation sites excluding steroid dienone is 1. The van der Waals surface area contributed by atoms with Gasteiger partial charge in [0.15, 0.2) is 0 Å². The number of hydrogen-bond donors (Lipinski definition) is 1. The first-order valence-corrected chi connectivity index (χ1v) is 5.19. The van der Waals surface area contributed by atoms with E-state index in [9.17, 15) is 0 Å². The molecule has 4 heteroatoms. The van der Waals surface area contributed by atoms with Crippen LogP contribution in [0.15, 0.2) is 17.7 Å². The average Bonchev–Trinajstić information content (AvgIpc) is 2.09. The van der Waals surface area contributed by atoms with Gasteiger partial charge in [0.05, 0.1) is 0 Å². The standard InChI is InChI=1S/C9H13N3S/c1-4-5-7-6(2)11-9(10)12-8(7)13-3/h4H,1,5H2,2-3H3,(H2,10,11,12). The third-order valence-electron chi connectivity index (χ3n) is 1.74. The van der Waals surface area contributed by atoms with Crippen molar-refractivity contribution in [2.24, 2.45) is 0 Å². The summed E-state index contributed by atoms with van der Waals surface area (Å²) in [4.78, 5) is 8.26. The number of thioether (sulfide) groups is 1. The van der Waals surface area contributed by atoms with Crippen molar-refractivity contribution in [1.82, 2.24) is 9.97 Å². The van der Waals surface area contributed by atoms with E-state index in [-0.39, 0.29) is 0 Å². The molecule has 0 aliphatic rings. The Hall–Kier alpha value is -1.03. The van der Waals surface area contributed by atoms with Crippen LogP contribution in [0.4, 0.5) is 5.95 Å².